The van der Waals surface area contributed by atoms with Gasteiger partial charge in [0, 0.05) is 12.6 Å². The van der Waals surface area contributed by atoms with E-state index in [0.29, 0.717) is 0 Å². The summed E-state index contributed by atoms with van der Waals surface area (Å²) in [6.45, 7) is 1.30. The first-order valence-corrected chi connectivity index (χ1v) is 4.37. The van der Waals surface area contributed by atoms with Crippen LogP contribution in [0.5, 0.6) is 11.6 Å². The number of rotatable bonds is 3. The van der Waals surface area contributed by atoms with Crippen molar-refractivity contribution in [2.24, 2.45) is 5.73 Å². The summed E-state index contributed by atoms with van der Waals surface area (Å²) in [6, 6.07) is 1.35. The molecular weight excluding hydrogens is 225 g/mol. The summed E-state index contributed by atoms with van der Waals surface area (Å²) >= 11 is 0. The van der Waals surface area contributed by atoms with Crippen molar-refractivity contribution >= 4 is 0 Å². The number of methoxy groups -OCH3 is 1. The van der Waals surface area contributed by atoms with Gasteiger partial charge in [-0.25, -0.2) is 4.98 Å². The quantitative estimate of drug-likeness (QED) is 0.868. The van der Waals surface area contributed by atoms with Gasteiger partial charge in [-0.1, -0.05) is 0 Å². The van der Waals surface area contributed by atoms with Gasteiger partial charge in [0.2, 0.25) is 5.88 Å². The van der Waals surface area contributed by atoms with E-state index in [-0.39, 0.29) is 29.4 Å². The van der Waals surface area contributed by atoms with Crippen LogP contribution in [-0.4, -0.2) is 18.5 Å². The van der Waals surface area contributed by atoms with Gasteiger partial charge in [0.1, 0.15) is 5.69 Å². The first-order chi connectivity index (χ1) is 7.37. The second kappa shape index (κ2) is 4.56. The Morgan fingerprint density at radius 1 is 1.44 bits per heavy atom. The highest BCUT2D eigenvalue weighted by atomic mass is 19.4. The van der Waals surface area contributed by atoms with Crippen LogP contribution < -0.4 is 15.2 Å². The van der Waals surface area contributed by atoms with Crippen LogP contribution in [0.3, 0.4) is 0 Å². The lowest BCUT2D eigenvalue weighted by Gasteiger charge is -2.15. The zero-order valence-corrected chi connectivity index (χ0v) is 8.76. The highest BCUT2D eigenvalue weighted by Gasteiger charge is 2.33. The number of nitrogens with zero attached hydrogens (tertiary/aromatic N) is 1. The fourth-order valence-electron chi connectivity index (χ4n) is 1.19. The number of hydrogen-bond acceptors (Lipinski definition) is 4. The highest BCUT2D eigenvalue weighted by Crippen LogP contribution is 2.30. The number of alkyl halides is 3. The fraction of sp³-hybridized carbons (Fsp3) is 0.444. The van der Waals surface area contributed by atoms with Gasteiger partial charge in [-0.2, -0.15) is 0 Å². The first kappa shape index (κ1) is 12.6. The molecule has 90 valence electrons. The van der Waals surface area contributed by atoms with Crippen molar-refractivity contribution in [3.05, 3.63) is 17.3 Å². The molecule has 0 spiro atoms. The molecule has 0 bridgehead atoms. The molecule has 0 amide bonds. The SMILES string of the molecule is COc1cc(C)c(OC(F)(F)F)c(CN)n1. The van der Waals surface area contributed by atoms with Crippen LogP contribution in [0.15, 0.2) is 6.07 Å². The van der Waals surface area contributed by atoms with E-state index in [1.165, 1.54) is 20.1 Å². The third kappa shape index (κ3) is 2.99. The number of pyridine rings is 1. The number of aryl methyl sites for hydroxylation is 1. The normalized spacial score (nSPS) is 11.4. The summed E-state index contributed by atoms with van der Waals surface area (Å²) in [5, 5.41) is 0. The van der Waals surface area contributed by atoms with E-state index in [2.05, 4.69) is 9.72 Å². The summed E-state index contributed by atoms with van der Waals surface area (Å²) in [6.07, 6.45) is -4.76. The molecular formula is C9H11F3N2O2. The van der Waals surface area contributed by atoms with E-state index in [1.54, 1.807) is 0 Å². The Balaban J connectivity index is 3.16. The molecule has 0 aliphatic carbocycles. The van der Waals surface area contributed by atoms with Gasteiger partial charge < -0.3 is 15.2 Å². The molecule has 0 fully saturated rings. The van der Waals surface area contributed by atoms with Crippen LogP contribution in [0.1, 0.15) is 11.3 Å². The van der Waals surface area contributed by atoms with Crippen LogP contribution >= 0.6 is 0 Å². The van der Waals surface area contributed by atoms with E-state index in [0.717, 1.165) is 0 Å². The molecule has 16 heavy (non-hydrogen) atoms. The minimum atomic E-state index is -4.76. The molecule has 0 saturated heterocycles. The molecule has 2 N–H and O–H groups in total. The van der Waals surface area contributed by atoms with Gasteiger partial charge in [-0.3, -0.25) is 0 Å². The maximum absolute atomic E-state index is 12.1. The predicted molar refractivity (Wildman–Crippen MR) is 50.1 cm³/mol. The van der Waals surface area contributed by atoms with E-state index < -0.39 is 6.36 Å². The number of aromatic nitrogens is 1. The molecule has 0 atom stereocenters. The average molecular weight is 236 g/mol. The minimum Gasteiger partial charge on any atom is -0.481 e. The molecule has 0 aliphatic heterocycles. The van der Waals surface area contributed by atoms with E-state index >= 15 is 0 Å². The van der Waals surface area contributed by atoms with Crippen molar-refractivity contribution in [3.8, 4) is 11.6 Å². The number of hydrogen-bond donors (Lipinski definition) is 1. The number of nitrogens with two attached hydrogens (primary N) is 1. The lowest BCUT2D eigenvalue weighted by Crippen LogP contribution is -2.20. The lowest BCUT2D eigenvalue weighted by atomic mass is 10.2. The smallest absolute Gasteiger partial charge is 0.481 e. The van der Waals surface area contributed by atoms with Crippen molar-refractivity contribution in [1.82, 2.24) is 4.98 Å². The number of halogens is 3. The Bertz CT molecular complexity index is 380. The van der Waals surface area contributed by atoms with Crippen LogP contribution in [0, 0.1) is 6.92 Å². The van der Waals surface area contributed by atoms with E-state index in [4.69, 9.17) is 10.5 Å². The summed E-state index contributed by atoms with van der Waals surface area (Å²) in [5.74, 6) is -0.164. The average Bonchev–Trinajstić information content (AvgIpc) is 2.19. The van der Waals surface area contributed by atoms with Gasteiger partial charge in [-0.05, 0) is 12.5 Å². The zero-order chi connectivity index (χ0) is 12.3. The molecule has 0 aliphatic rings. The Morgan fingerprint density at radius 3 is 2.50 bits per heavy atom. The molecule has 7 heteroatoms. The molecule has 0 unspecified atom stereocenters. The van der Waals surface area contributed by atoms with Crippen LogP contribution in [0.25, 0.3) is 0 Å². The monoisotopic (exact) mass is 236 g/mol. The van der Waals surface area contributed by atoms with Crippen molar-refractivity contribution < 1.29 is 22.6 Å². The van der Waals surface area contributed by atoms with Crippen molar-refractivity contribution in [1.29, 1.82) is 0 Å². The maximum atomic E-state index is 12.1. The second-order valence-corrected chi connectivity index (χ2v) is 3.01. The van der Waals surface area contributed by atoms with Crippen molar-refractivity contribution in [2.45, 2.75) is 19.8 Å². The van der Waals surface area contributed by atoms with Crippen LogP contribution in [0.2, 0.25) is 0 Å². The van der Waals surface area contributed by atoms with Gasteiger partial charge in [-0.15, -0.1) is 13.2 Å². The topological polar surface area (TPSA) is 57.4 Å². The number of ether oxygens (including phenoxy) is 2. The summed E-state index contributed by atoms with van der Waals surface area (Å²) < 4.78 is 45.0. The van der Waals surface area contributed by atoms with Crippen LogP contribution in [-0.2, 0) is 6.54 Å². The zero-order valence-electron chi connectivity index (χ0n) is 8.76. The standard InChI is InChI=1S/C9H11F3N2O2/c1-5-3-7(15-2)14-6(4-13)8(5)16-9(10,11)12/h3H,4,13H2,1-2H3. The van der Waals surface area contributed by atoms with E-state index in [9.17, 15) is 13.2 Å². The largest absolute Gasteiger partial charge is 0.573 e. The van der Waals surface area contributed by atoms with Gasteiger partial charge in [0.15, 0.2) is 5.75 Å². The van der Waals surface area contributed by atoms with Crippen LogP contribution in [0.4, 0.5) is 13.2 Å². The molecule has 0 aromatic carbocycles. The predicted octanol–water partition coefficient (Wildman–Crippen LogP) is 1.76. The summed E-state index contributed by atoms with van der Waals surface area (Å²) in [7, 11) is 1.37. The van der Waals surface area contributed by atoms with E-state index in [1.807, 2.05) is 0 Å². The molecule has 0 saturated carbocycles. The Kier molecular flexibility index (Phi) is 3.58. The van der Waals surface area contributed by atoms with Gasteiger partial charge >= 0.3 is 6.36 Å². The third-order valence-electron chi connectivity index (χ3n) is 1.83. The molecule has 1 rings (SSSR count). The summed E-state index contributed by atoms with van der Waals surface area (Å²) in [5.41, 5.74) is 5.57. The Morgan fingerprint density at radius 2 is 2.06 bits per heavy atom. The van der Waals surface area contributed by atoms with Gasteiger partial charge in [0.05, 0.1) is 7.11 Å². The maximum Gasteiger partial charge on any atom is 0.573 e. The lowest BCUT2D eigenvalue weighted by molar-refractivity contribution is -0.275. The van der Waals surface area contributed by atoms with Crippen molar-refractivity contribution in [3.63, 3.8) is 0 Å². The fourth-order valence-corrected chi connectivity index (χ4v) is 1.19. The first-order valence-electron chi connectivity index (χ1n) is 4.37. The minimum absolute atomic E-state index is 0.00850. The molecule has 1 aromatic heterocycles. The molecule has 1 aromatic rings. The highest BCUT2D eigenvalue weighted by molar-refractivity contribution is 5.40. The Labute approximate surface area is 90.2 Å². The molecule has 1 heterocycles. The third-order valence-corrected chi connectivity index (χ3v) is 1.83. The molecule has 0 radical (unpaired) electrons. The molecule has 4 nitrogen and oxygen atoms in total. The van der Waals surface area contributed by atoms with Crippen molar-refractivity contribution in [2.75, 3.05) is 7.11 Å². The summed E-state index contributed by atoms with van der Waals surface area (Å²) in [4.78, 5) is 3.78. The van der Waals surface area contributed by atoms with Gasteiger partial charge in [0.25, 0.3) is 0 Å². The second-order valence-electron chi connectivity index (χ2n) is 3.01. The Hall–Kier alpha value is -1.50.